The van der Waals surface area contributed by atoms with Crippen LogP contribution in [0.1, 0.15) is 17.4 Å². The number of nitrogens with zero attached hydrogens (tertiary/aromatic N) is 2. The highest BCUT2D eigenvalue weighted by Crippen LogP contribution is 2.30. The summed E-state index contributed by atoms with van der Waals surface area (Å²) in [5.41, 5.74) is 6.06. The lowest BCUT2D eigenvalue weighted by Gasteiger charge is -2.05. The standard InChI is InChI=1S/C19H19N3OS/c1-3-23-17-12-8-7-11-16(17)13-20-22-19-21-18(14(2)24-19)15-9-5-4-6-10-15/h4-13H,3H2,1-2H3,(H,21,22)/b20-13+. The van der Waals surface area contributed by atoms with Crippen LogP contribution in [0.2, 0.25) is 0 Å². The molecule has 0 saturated carbocycles. The van der Waals surface area contributed by atoms with Crippen molar-refractivity contribution >= 4 is 22.7 Å². The summed E-state index contributed by atoms with van der Waals surface area (Å²) in [5.74, 6) is 0.825. The second kappa shape index (κ2) is 7.75. The Bertz CT molecular complexity index is 828. The number of anilines is 1. The van der Waals surface area contributed by atoms with E-state index in [-0.39, 0.29) is 0 Å². The Morgan fingerprint density at radius 3 is 2.67 bits per heavy atom. The van der Waals surface area contributed by atoms with E-state index >= 15 is 0 Å². The van der Waals surface area contributed by atoms with Crippen molar-refractivity contribution in [3.05, 3.63) is 65.0 Å². The van der Waals surface area contributed by atoms with Gasteiger partial charge >= 0.3 is 0 Å². The molecule has 0 spiro atoms. The monoisotopic (exact) mass is 337 g/mol. The van der Waals surface area contributed by atoms with Crippen LogP contribution >= 0.6 is 11.3 Å². The van der Waals surface area contributed by atoms with Crippen LogP contribution in [-0.2, 0) is 0 Å². The first-order valence-corrected chi connectivity index (χ1v) is 8.63. The van der Waals surface area contributed by atoms with Gasteiger partial charge in [-0.3, -0.25) is 5.43 Å². The maximum atomic E-state index is 5.59. The molecule has 0 atom stereocenters. The number of para-hydroxylation sites is 1. The average molecular weight is 337 g/mol. The Kier molecular flexibility index (Phi) is 5.23. The van der Waals surface area contributed by atoms with E-state index in [4.69, 9.17) is 4.74 Å². The fraction of sp³-hybridized carbons (Fsp3) is 0.158. The highest BCUT2D eigenvalue weighted by Gasteiger charge is 2.08. The molecule has 2 aromatic carbocycles. The zero-order valence-electron chi connectivity index (χ0n) is 13.7. The third kappa shape index (κ3) is 3.81. The van der Waals surface area contributed by atoms with Gasteiger partial charge in [0, 0.05) is 16.0 Å². The number of nitrogens with one attached hydrogen (secondary N) is 1. The lowest BCUT2D eigenvalue weighted by Crippen LogP contribution is -1.97. The molecule has 5 heteroatoms. The van der Waals surface area contributed by atoms with Crippen molar-refractivity contribution in [1.29, 1.82) is 0 Å². The highest BCUT2D eigenvalue weighted by molar-refractivity contribution is 7.15. The fourth-order valence-electron chi connectivity index (χ4n) is 2.34. The molecule has 0 bridgehead atoms. The topological polar surface area (TPSA) is 46.5 Å². The Balaban J connectivity index is 1.74. The molecule has 0 aliphatic rings. The summed E-state index contributed by atoms with van der Waals surface area (Å²) in [6.45, 7) is 4.67. The zero-order valence-corrected chi connectivity index (χ0v) is 14.5. The van der Waals surface area contributed by atoms with Gasteiger partial charge < -0.3 is 4.74 Å². The first kappa shape index (κ1) is 16.2. The molecule has 4 nitrogen and oxygen atoms in total. The molecule has 24 heavy (non-hydrogen) atoms. The van der Waals surface area contributed by atoms with Crippen molar-refractivity contribution in [3.8, 4) is 17.0 Å². The van der Waals surface area contributed by atoms with E-state index < -0.39 is 0 Å². The Morgan fingerprint density at radius 2 is 1.88 bits per heavy atom. The summed E-state index contributed by atoms with van der Waals surface area (Å²) < 4.78 is 5.59. The number of aromatic nitrogens is 1. The van der Waals surface area contributed by atoms with Crippen molar-refractivity contribution in [2.75, 3.05) is 12.0 Å². The van der Waals surface area contributed by atoms with E-state index in [1.54, 1.807) is 17.6 Å². The van der Waals surface area contributed by atoms with Crippen molar-refractivity contribution < 1.29 is 4.74 Å². The van der Waals surface area contributed by atoms with E-state index in [2.05, 4.69) is 34.6 Å². The van der Waals surface area contributed by atoms with Gasteiger partial charge in [0.15, 0.2) is 0 Å². The van der Waals surface area contributed by atoms with Crippen LogP contribution in [0.5, 0.6) is 5.75 Å². The van der Waals surface area contributed by atoms with Gasteiger partial charge in [-0.05, 0) is 26.0 Å². The summed E-state index contributed by atoms with van der Waals surface area (Å²) in [6.07, 6.45) is 1.75. The molecule has 0 unspecified atom stereocenters. The van der Waals surface area contributed by atoms with Gasteiger partial charge in [0.1, 0.15) is 5.75 Å². The molecule has 1 heterocycles. The molecule has 1 aromatic heterocycles. The molecule has 0 fully saturated rings. The maximum Gasteiger partial charge on any atom is 0.204 e. The largest absolute Gasteiger partial charge is 0.493 e. The van der Waals surface area contributed by atoms with Crippen molar-refractivity contribution in [3.63, 3.8) is 0 Å². The molecule has 0 aliphatic heterocycles. The van der Waals surface area contributed by atoms with Gasteiger partial charge in [-0.2, -0.15) is 5.10 Å². The van der Waals surface area contributed by atoms with Crippen LogP contribution < -0.4 is 10.2 Å². The third-order valence-corrected chi connectivity index (χ3v) is 4.30. The lowest BCUT2D eigenvalue weighted by atomic mass is 10.1. The number of hydrazone groups is 1. The van der Waals surface area contributed by atoms with Gasteiger partial charge in [-0.25, -0.2) is 4.98 Å². The SMILES string of the molecule is CCOc1ccccc1/C=N/Nc1nc(-c2ccccc2)c(C)s1. The minimum Gasteiger partial charge on any atom is -0.493 e. The van der Waals surface area contributed by atoms with E-state index in [1.807, 2.05) is 49.4 Å². The number of hydrogen-bond acceptors (Lipinski definition) is 5. The Morgan fingerprint density at radius 1 is 1.12 bits per heavy atom. The van der Waals surface area contributed by atoms with Crippen molar-refractivity contribution in [2.24, 2.45) is 5.10 Å². The van der Waals surface area contributed by atoms with E-state index in [1.165, 1.54) is 0 Å². The van der Waals surface area contributed by atoms with Gasteiger partial charge in [-0.15, -0.1) is 11.3 Å². The third-order valence-electron chi connectivity index (χ3n) is 3.43. The normalized spacial score (nSPS) is 10.9. The summed E-state index contributed by atoms with van der Waals surface area (Å²) in [7, 11) is 0. The van der Waals surface area contributed by atoms with Crippen LogP contribution in [0.15, 0.2) is 59.7 Å². The second-order valence-corrected chi connectivity index (χ2v) is 6.33. The number of aryl methyl sites for hydroxylation is 1. The molecule has 0 aliphatic carbocycles. The zero-order chi connectivity index (χ0) is 16.8. The highest BCUT2D eigenvalue weighted by atomic mass is 32.1. The van der Waals surface area contributed by atoms with E-state index in [0.717, 1.165) is 32.6 Å². The van der Waals surface area contributed by atoms with Crippen LogP contribution in [0, 0.1) is 6.92 Å². The molecule has 0 amide bonds. The second-order valence-electron chi connectivity index (χ2n) is 5.13. The smallest absolute Gasteiger partial charge is 0.204 e. The number of ether oxygens (including phenoxy) is 1. The molecule has 122 valence electrons. The number of thiazole rings is 1. The molecular formula is C19H19N3OS. The van der Waals surface area contributed by atoms with Crippen molar-refractivity contribution in [1.82, 2.24) is 4.98 Å². The van der Waals surface area contributed by atoms with Gasteiger partial charge in [-0.1, -0.05) is 42.5 Å². The van der Waals surface area contributed by atoms with Crippen LogP contribution in [0.25, 0.3) is 11.3 Å². The van der Waals surface area contributed by atoms with Crippen LogP contribution in [0.4, 0.5) is 5.13 Å². The maximum absolute atomic E-state index is 5.59. The predicted octanol–water partition coefficient (Wildman–Crippen LogP) is 4.96. The minimum absolute atomic E-state index is 0.629. The van der Waals surface area contributed by atoms with E-state index in [0.29, 0.717) is 6.61 Å². The van der Waals surface area contributed by atoms with Crippen LogP contribution in [0.3, 0.4) is 0 Å². The van der Waals surface area contributed by atoms with Crippen molar-refractivity contribution in [2.45, 2.75) is 13.8 Å². The van der Waals surface area contributed by atoms with Gasteiger partial charge in [0.2, 0.25) is 5.13 Å². The van der Waals surface area contributed by atoms with Gasteiger partial charge in [0.05, 0.1) is 18.5 Å². The molecule has 3 rings (SSSR count). The van der Waals surface area contributed by atoms with Crippen LogP contribution in [-0.4, -0.2) is 17.8 Å². The Labute approximate surface area is 145 Å². The van der Waals surface area contributed by atoms with E-state index in [9.17, 15) is 0 Å². The molecule has 3 aromatic rings. The lowest BCUT2D eigenvalue weighted by molar-refractivity contribution is 0.340. The molecule has 0 radical (unpaired) electrons. The average Bonchev–Trinajstić information content (AvgIpc) is 2.98. The quantitative estimate of drug-likeness (QED) is 0.510. The number of benzene rings is 2. The van der Waals surface area contributed by atoms with Gasteiger partial charge in [0.25, 0.3) is 0 Å². The summed E-state index contributed by atoms with van der Waals surface area (Å²) >= 11 is 1.59. The molecule has 0 saturated heterocycles. The fourth-order valence-corrected chi connectivity index (χ4v) is 3.12. The first-order valence-electron chi connectivity index (χ1n) is 7.81. The predicted molar refractivity (Wildman–Crippen MR) is 101 cm³/mol. The molecular weight excluding hydrogens is 318 g/mol. The minimum atomic E-state index is 0.629. The molecule has 1 N–H and O–H groups in total. The summed E-state index contributed by atoms with van der Waals surface area (Å²) in [5, 5.41) is 5.07. The number of hydrogen-bond donors (Lipinski definition) is 1. The Hall–Kier alpha value is -2.66. The summed E-state index contributed by atoms with van der Waals surface area (Å²) in [6, 6.07) is 18.0. The first-order chi connectivity index (χ1) is 11.8. The summed E-state index contributed by atoms with van der Waals surface area (Å²) in [4.78, 5) is 5.79. The number of rotatable bonds is 6.